The maximum atomic E-state index is 5.64. The molecular weight excluding hydrogens is 264 g/mol. The molecule has 0 bridgehead atoms. The molecule has 0 aliphatic heterocycles. The van der Waals surface area contributed by atoms with Gasteiger partial charge >= 0.3 is 0 Å². The van der Waals surface area contributed by atoms with E-state index in [1.807, 2.05) is 29.7 Å². The van der Waals surface area contributed by atoms with E-state index < -0.39 is 0 Å². The molecule has 2 heterocycles. The van der Waals surface area contributed by atoms with Crippen LogP contribution in [0.1, 0.15) is 5.56 Å². The van der Waals surface area contributed by atoms with Gasteiger partial charge in [0.15, 0.2) is 0 Å². The fourth-order valence-electron chi connectivity index (χ4n) is 2.25. The first-order chi connectivity index (χ1) is 10.2. The highest BCUT2D eigenvalue weighted by molar-refractivity contribution is 5.64. The zero-order valence-corrected chi connectivity index (χ0v) is 11.9. The average Bonchev–Trinajstić information content (AvgIpc) is 2.97. The molecule has 0 radical (unpaired) electrons. The van der Waals surface area contributed by atoms with E-state index in [2.05, 4.69) is 16.0 Å². The van der Waals surface area contributed by atoms with Crippen molar-refractivity contribution in [2.45, 2.75) is 6.92 Å². The van der Waals surface area contributed by atoms with Gasteiger partial charge in [0, 0.05) is 11.8 Å². The number of aryl methyl sites for hydroxylation is 1. The Morgan fingerprint density at radius 2 is 2.00 bits per heavy atom. The third kappa shape index (κ3) is 2.45. The molecule has 0 unspecified atom stereocenters. The Kier molecular flexibility index (Phi) is 3.31. The van der Waals surface area contributed by atoms with Gasteiger partial charge in [-0.15, -0.1) is 0 Å². The summed E-state index contributed by atoms with van der Waals surface area (Å²) in [6.07, 6.45) is 5.31. The van der Waals surface area contributed by atoms with Gasteiger partial charge in [-0.25, -0.2) is 9.97 Å². The lowest BCUT2D eigenvalue weighted by Gasteiger charge is -2.13. The van der Waals surface area contributed by atoms with E-state index in [1.165, 1.54) is 0 Å². The molecule has 21 heavy (non-hydrogen) atoms. The minimum absolute atomic E-state index is 0.498. The molecule has 0 amide bonds. The van der Waals surface area contributed by atoms with Crippen molar-refractivity contribution in [3.8, 4) is 22.7 Å². The van der Waals surface area contributed by atoms with Crippen molar-refractivity contribution in [3.63, 3.8) is 0 Å². The van der Waals surface area contributed by atoms with Crippen LogP contribution in [-0.4, -0.2) is 21.6 Å². The lowest BCUT2D eigenvalue weighted by molar-refractivity contribution is 0.413. The van der Waals surface area contributed by atoms with Gasteiger partial charge in [0.1, 0.15) is 11.6 Å². The minimum atomic E-state index is 0.498. The Morgan fingerprint density at radius 3 is 2.71 bits per heavy atom. The minimum Gasteiger partial charge on any atom is -0.495 e. The Labute approximate surface area is 123 Å². The van der Waals surface area contributed by atoms with Crippen molar-refractivity contribution in [2.24, 2.45) is 0 Å². The second kappa shape index (κ2) is 5.28. The Morgan fingerprint density at radius 1 is 1.14 bits per heavy atom. The summed E-state index contributed by atoms with van der Waals surface area (Å²) in [5.41, 5.74) is 9.63. The highest BCUT2D eigenvalue weighted by Crippen LogP contribution is 2.29. The predicted molar refractivity (Wildman–Crippen MR) is 82.5 cm³/mol. The summed E-state index contributed by atoms with van der Waals surface area (Å²) in [6.45, 7) is 2.05. The number of pyridine rings is 1. The molecule has 0 spiro atoms. The van der Waals surface area contributed by atoms with Crippen molar-refractivity contribution in [3.05, 3.63) is 54.6 Å². The smallest absolute Gasteiger partial charge is 0.142 e. The number of aromatic nitrogens is 3. The van der Waals surface area contributed by atoms with Crippen molar-refractivity contribution in [1.29, 1.82) is 0 Å². The summed E-state index contributed by atoms with van der Waals surface area (Å²) in [5.74, 6) is 1.29. The quantitative estimate of drug-likeness (QED) is 0.801. The molecule has 0 saturated carbocycles. The molecule has 2 aromatic heterocycles. The third-order valence-corrected chi connectivity index (χ3v) is 3.31. The molecule has 0 aliphatic carbocycles. The van der Waals surface area contributed by atoms with Crippen molar-refractivity contribution in [2.75, 3.05) is 12.8 Å². The molecule has 5 nitrogen and oxygen atoms in total. The maximum absolute atomic E-state index is 5.64. The Balaban J connectivity index is 2.15. The zero-order valence-electron chi connectivity index (χ0n) is 11.9. The van der Waals surface area contributed by atoms with Gasteiger partial charge in [0.25, 0.3) is 0 Å². The summed E-state index contributed by atoms with van der Waals surface area (Å²) in [6, 6.07) is 9.74. The average molecular weight is 280 g/mol. The summed E-state index contributed by atoms with van der Waals surface area (Å²) in [4.78, 5) is 8.39. The van der Waals surface area contributed by atoms with Gasteiger partial charge in [-0.05, 0) is 36.8 Å². The first kappa shape index (κ1) is 13.2. The van der Waals surface area contributed by atoms with Crippen molar-refractivity contribution >= 4 is 5.82 Å². The molecule has 5 heteroatoms. The van der Waals surface area contributed by atoms with Gasteiger partial charge in [0.05, 0.1) is 31.0 Å². The number of rotatable bonds is 3. The standard InChI is InChI=1S/C16H16N4O/c1-11-3-5-15(21-2)13(7-11)20-10-18-9-14(20)12-4-6-16(17)19-8-12/h3-10H,1-2H3,(H2,17,19). The van der Waals surface area contributed by atoms with Crippen LogP contribution in [0.4, 0.5) is 5.82 Å². The van der Waals surface area contributed by atoms with Gasteiger partial charge in [-0.1, -0.05) is 6.07 Å². The van der Waals surface area contributed by atoms with E-state index in [9.17, 15) is 0 Å². The van der Waals surface area contributed by atoms with E-state index in [4.69, 9.17) is 10.5 Å². The number of nitrogens with two attached hydrogens (primary N) is 1. The summed E-state index contributed by atoms with van der Waals surface area (Å²) < 4.78 is 7.44. The molecule has 0 fully saturated rings. The fraction of sp³-hybridized carbons (Fsp3) is 0.125. The molecule has 2 N–H and O–H groups in total. The summed E-state index contributed by atoms with van der Waals surface area (Å²) in [5, 5.41) is 0. The molecule has 0 saturated heterocycles. The number of methoxy groups -OCH3 is 1. The van der Waals surface area contributed by atoms with Crippen molar-refractivity contribution in [1.82, 2.24) is 14.5 Å². The Bertz CT molecular complexity index is 762. The lowest BCUT2D eigenvalue weighted by Crippen LogP contribution is -2.00. The molecule has 0 atom stereocenters. The van der Waals surface area contributed by atoms with Crippen LogP contribution in [0.2, 0.25) is 0 Å². The normalized spacial score (nSPS) is 10.6. The molecule has 3 rings (SSSR count). The molecular formula is C16H16N4O. The first-order valence-electron chi connectivity index (χ1n) is 6.58. The van der Waals surface area contributed by atoms with Crippen LogP contribution >= 0.6 is 0 Å². The number of hydrogen-bond donors (Lipinski definition) is 1. The van der Waals surface area contributed by atoms with Crippen LogP contribution in [0.5, 0.6) is 5.75 Å². The second-order valence-electron chi connectivity index (χ2n) is 4.80. The molecule has 0 aliphatic rings. The lowest BCUT2D eigenvalue weighted by atomic mass is 10.1. The number of imidazole rings is 1. The van der Waals surface area contributed by atoms with Crippen LogP contribution in [0.25, 0.3) is 16.9 Å². The first-order valence-corrected chi connectivity index (χ1v) is 6.58. The van der Waals surface area contributed by atoms with Crippen LogP contribution < -0.4 is 10.5 Å². The van der Waals surface area contributed by atoms with Gasteiger partial charge < -0.3 is 10.5 Å². The molecule has 3 aromatic rings. The van der Waals surface area contributed by atoms with E-state index >= 15 is 0 Å². The SMILES string of the molecule is COc1ccc(C)cc1-n1cncc1-c1ccc(N)nc1. The topological polar surface area (TPSA) is 66.0 Å². The number of nitrogen functional groups attached to an aromatic ring is 1. The number of hydrogen-bond acceptors (Lipinski definition) is 4. The van der Waals surface area contributed by atoms with Crippen LogP contribution in [0.3, 0.4) is 0 Å². The second-order valence-corrected chi connectivity index (χ2v) is 4.80. The maximum Gasteiger partial charge on any atom is 0.142 e. The monoisotopic (exact) mass is 280 g/mol. The number of anilines is 1. The third-order valence-electron chi connectivity index (χ3n) is 3.31. The van der Waals surface area contributed by atoms with Gasteiger partial charge in [-0.2, -0.15) is 0 Å². The van der Waals surface area contributed by atoms with E-state index in [1.54, 1.807) is 31.9 Å². The number of ether oxygens (including phenoxy) is 1. The zero-order chi connectivity index (χ0) is 14.8. The fourth-order valence-corrected chi connectivity index (χ4v) is 2.25. The van der Waals surface area contributed by atoms with Gasteiger partial charge in [0.2, 0.25) is 0 Å². The van der Waals surface area contributed by atoms with Gasteiger partial charge in [-0.3, -0.25) is 4.57 Å². The van der Waals surface area contributed by atoms with Crippen molar-refractivity contribution < 1.29 is 4.74 Å². The molecule has 1 aromatic carbocycles. The van der Waals surface area contributed by atoms with Crippen LogP contribution in [0, 0.1) is 6.92 Å². The van der Waals surface area contributed by atoms with Crippen LogP contribution in [0.15, 0.2) is 49.1 Å². The number of nitrogens with zero attached hydrogens (tertiary/aromatic N) is 3. The Hall–Kier alpha value is -2.82. The molecule has 106 valence electrons. The largest absolute Gasteiger partial charge is 0.495 e. The predicted octanol–water partition coefficient (Wildman–Crippen LogP) is 2.83. The summed E-state index contributed by atoms with van der Waals surface area (Å²) >= 11 is 0. The summed E-state index contributed by atoms with van der Waals surface area (Å²) in [7, 11) is 1.66. The highest BCUT2D eigenvalue weighted by Gasteiger charge is 2.11. The highest BCUT2D eigenvalue weighted by atomic mass is 16.5. The van der Waals surface area contributed by atoms with Crippen LogP contribution in [-0.2, 0) is 0 Å². The van der Waals surface area contributed by atoms with E-state index in [0.717, 1.165) is 28.3 Å². The van der Waals surface area contributed by atoms with E-state index in [-0.39, 0.29) is 0 Å². The van der Waals surface area contributed by atoms with E-state index in [0.29, 0.717) is 5.82 Å². The number of benzene rings is 1.